The van der Waals surface area contributed by atoms with Gasteiger partial charge in [-0.1, -0.05) is 26.7 Å². The summed E-state index contributed by atoms with van der Waals surface area (Å²) in [7, 11) is 4.45. The van der Waals surface area contributed by atoms with Gasteiger partial charge in [0, 0.05) is 18.5 Å². The second-order valence-corrected chi connectivity index (χ2v) is 6.65. The molecule has 3 heteroatoms. The lowest BCUT2D eigenvalue weighted by Crippen LogP contribution is -2.54. The number of nitrogens with one attached hydrogen (secondary N) is 1. The summed E-state index contributed by atoms with van der Waals surface area (Å²) >= 11 is 0. The van der Waals surface area contributed by atoms with Crippen molar-refractivity contribution in [3.63, 3.8) is 0 Å². The van der Waals surface area contributed by atoms with E-state index in [1.54, 1.807) is 0 Å². The van der Waals surface area contributed by atoms with Crippen LogP contribution in [0.25, 0.3) is 0 Å². The lowest BCUT2D eigenvalue weighted by molar-refractivity contribution is 0.0745. The molecule has 1 heterocycles. The average Bonchev–Trinajstić information content (AvgIpc) is 2.86. The maximum absolute atomic E-state index is 5.76. The molecular formula is C17H30N2O. The summed E-state index contributed by atoms with van der Waals surface area (Å²) in [6, 6.07) is 4.18. The van der Waals surface area contributed by atoms with Crippen molar-refractivity contribution in [2.45, 2.75) is 58.0 Å². The largest absolute Gasteiger partial charge is 0.465 e. The smallest absolute Gasteiger partial charge is 0.117 e. The Hall–Kier alpha value is -0.800. The highest BCUT2D eigenvalue weighted by molar-refractivity contribution is 5.07. The second-order valence-electron chi connectivity index (χ2n) is 6.65. The van der Waals surface area contributed by atoms with E-state index in [-0.39, 0.29) is 0 Å². The van der Waals surface area contributed by atoms with Gasteiger partial charge >= 0.3 is 0 Å². The Balaban J connectivity index is 1.89. The number of hydrogen-bond acceptors (Lipinski definition) is 3. The van der Waals surface area contributed by atoms with Gasteiger partial charge in [-0.15, -0.1) is 0 Å². The number of likely N-dealkylation sites (N-methyl/N-ethyl adjacent to an activating group) is 1. The quantitative estimate of drug-likeness (QED) is 0.864. The molecule has 0 amide bonds. The Kier molecular flexibility index (Phi) is 5.28. The minimum Gasteiger partial charge on any atom is -0.465 e. The van der Waals surface area contributed by atoms with Crippen molar-refractivity contribution in [3.05, 3.63) is 23.7 Å². The molecule has 2 unspecified atom stereocenters. The van der Waals surface area contributed by atoms with E-state index in [9.17, 15) is 0 Å². The first kappa shape index (κ1) is 15.6. The predicted molar refractivity (Wildman–Crippen MR) is 83.8 cm³/mol. The van der Waals surface area contributed by atoms with Gasteiger partial charge in [-0.3, -0.25) is 0 Å². The molecule has 1 N–H and O–H groups in total. The summed E-state index contributed by atoms with van der Waals surface area (Å²) in [4.78, 5) is 2.43. The first-order valence-electron chi connectivity index (χ1n) is 8.01. The van der Waals surface area contributed by atoms with Crippen LogP contribution in [0.5, 0.6) is 0 Å². The van der Waals surface area contributed by atoms with Crippen molar-refractivity contribution in [1.29, 1.82) is 0 Å². The van der Waals surface area contributed by atoms with Crippen LogP contribution in [0.4, 0.5) is 0 Å². The topological polar surface area (TPSA) is 28.4 Å². The minimum atomic E-state index is 0.317. The summed E-state index contributed by atoms with van der Waals surface area (Å²) in [5.41, 5.74) is 0.317. The molecule has 0 aromatic carbocycles. The molecule has 0 saturated heterocycles. The zero-order valence-electron chi connectivity index (χ0n) is 13.5. The minimum absolute atomic E-state index is 0.317. The molecule has 0 spiro atoms. The van der Waals surface area contributed by atoms with Gasteiger partial charge in [-0.25, -0.2) is 0 Å². The van der Waals surface area contributed by atoms with E-state index in [1.807, 2.05) is 0 Å². The third-order valence-electron chi connectivity index (χ3n) is 4.84. The van der Waals surface area contributed by atoms with Crippen LogP contribution in [0.3, 0.4) is 0 Å². The zero-order chi connectivity index (χ0) is 14.6. The molecule has 1 aliphatic carbocycles. The molecule has 0 aliphatic heterocycles. The molecule has 2 atom stereocenters. The van der Waals surface area contributed by atoms with Crippen LogP contribution in [-0.2, 0) is 13.0 Å². The Morgan fingerprint density at radius 2 is 2.10 bits per heavy atom. The Labute approximate surface area is 123 Å². The molecule has 1 fully saturated rings. The number of rotatable bonds is 6. The number of nitrogens with zero attached hydrogens (tertiary/aromatic N) is 1. The molecule has 3 nitrogen and oxygen atoms in total. The van der Waals surface area contributed by atoms with E-state index in [0.717, 1.165) is 36.9 Å². The number of aryl methyl sites for hydroxylation is 1. The fourth-order valence-corrected chi connectivity index (χ4v) is 3.48. The van der Waals surface area contributed by atoms with Crippen molar-refractivity contribution in [2.24, 2.45) is 5.92 Å². The SMILES string of the molecule is CCc1ccc(CNCC2(N(C)C)CCCC(C)C2)o1. The van der Waals surface area contributed by atoms with E-state index in [1.165, 1.54) is 25.7 Å². The standard InChI is InChI=1S/C17H30N2O/c1-5-15-8-9-16(20-15)12-18-13-17(19(3)4)10-6-7-14(2)11-17/h8-9,14,18H,5-7,10-13H2,1-4H3. The molecule has 1 aromatic heterocycles. The van der Waals surface area contributed by atoms with Crippen LogP contribution in [0.15, 0.2) is 16.5 Å². The van der Waals surface area contributed by atoms with Gasteiger partial charge in [-0.05, 0) is 45.0 Å². The molecule has 20 heavy (non-hydrogen) atoms. The fourth-order valence-electron chi connectivity index (χ4n) is 3.48. The highest BCUT2D eigenvalue weighted by atomic mass is 16.3. The van der Waals surface area contributed by atoms with Gasteiger partial charge < -0.3 is 14.6 Å². The molecule has 2 rings (SSSR count). The van der Waals surface area contributed by atoms with Crippen LogP contribution in [0.2, 0.25) is 0 Å². The van der Waals surface area contributed by atoms with Crippen molar-refractivity contribution in [1.82, 2.24) is 10.2 Å². The van der Waals surface area contributed by atoms with Crippen molar-refractivity contribution >= 4 is 0 Å². The summed E-state index contributed by atoms with van der Waals surface area (Å²) in [6.45, 7) is 6.40. The molecular weight excluding hydrogens is 248 g/mol. The number of furan rings is 1. The summed E-state index contributed by atoms with van der Waals surface area (Å²) in [6.07, 6.45) is 6.30. The van der Waals surface area contributed by atoms with Gasteiger partial charge in [0.2, 0.25) is 0 Å². The van der Waals surface area contributed by atoms with Crippen LogP contribution >= 0.6 is 0 Å². The van der Waals surface area contributed by atoms with E-state index in [0.29, 0.717) is 5.54 Å². The molecule has 1 aliphatic rings. The fraction of sp³-hybridized carbons (Fsp3) is 0.765. The van der Waals surface area contributed by atoms with E-state index in [2.05, 4.69) is 50.3 Å². The van der Waals surface area contributed by atoms with Gasteiger partial charge in [0.15, 0.2) is 0 Å². The summed E-state index contributed by atoms with van der Waals surface area (Å²) < 4.78 is 5.76. The monoisotopic (exact) mass is 278 g/mol. The maximum atomic E-state index is 5.76. The lowest BCUT2D eigenvalue weighted by atomic mass is 9.75. The zero-order valence-corrected chi connectivity index (χ0v) is 13.5. The maximum Gasteiger partial charge on any atom is 0.117 e. The predicted octanol–water partition coefficient (Wildman–Crippen LogP) is 3.44. The molecule has 0 bridgehead atoms. The number of hydrogen-bond donors (Lipinski definition) is 1. The van der Waals surface area contributed by atoms with Crippen molar-refractivity contribution in [3.8, 4) is 0 Å². The van der Waals surface area contributed by atoms with Gasteiger partial charge in [0.25, 0.3) is 0 Å². The highest BCUT2D eigenvalue weighted by Crippen LogP contribution is 2.35. The Morgan fingerprint density at radius 3 is 2.70 bits per heavy atom. The molecule has 0 radical (unpaired) electrons. The van der Waals surface area contributed by atoms with E-state index < -0.39 is 0 Å². The lowest BCUT2D eigenvalue weighted by Gasteiger charge is -2.45. The average molecular weight is 278 g/mol. The van der Waals surface area contributed by atoms with Crippen LogP contribution < -0.4 is 5.32 Å². The Bertz CT molecular complexity index is 413. The first-order chi connectivity index (χ1) is 9.55. The van der Waals surface area contributed by atoms with Crippen LogP contribution in [-0.4, -0.2) is 31.1 Å². The highest BCUT2D eigenvalue weighted by Gasteiger charge is 2.36. The second kappa shape index (κ2) is 6.77. The summed E-state index contributed by atoms with van der Waals surface area (Å²) in [5, 5.41) is 3.62. The molecule has 1 aromatic rings. The third kappa shape index (κ3) is 3.64. The normalized spacial score (nSPS) is 27.1. The third-order valence-corrected chi connectivity index (χ3v) is 4.84. The molecule has 1 saturated carbocycles. The van der Waals surface area contributed by atoms with Crippen LogP contribution in [0, 0.1) is 5.92 Å². The first-order valence-corrected chi connectivity index (χ1v) is 8.01. The van der Waals surface area contributed by atoms with Gasteiger partial charge in [0.05, 0.1) is 6.54 Å². The van der Waals surface area contributed by atoms with E-state index in [4.69, 9.17) is 4.42 Å². The molecule has 114 valence electrons. The van der Waals surface area contributed by atoms with Gasteiger partial charge in [0.1, 0.15) is 11.5 Å². The summed E-state index contributed by atoms with van der Waals surface area (Å²) in [5.74, 6) is 2.97. The van der Waals surface area contributed by atoms with E-state index >= 15 is 0 Å². The van der Waals surface area contributed by atoms with Crippen molar-refractivity contribution in [2.75, 3.05) is 20.6 Å². The van der Waals surface area contributed by atoms with Gasteiger partial charge in [-0.2, -0.15) is 0 Å². The van der Waals surface area contributed by atoms with Crippen molar-refractivity contribution < 1.29 is 4.42 Å². The Morgan fingerprint density at radius 1 is 1.35 bits per heavy atom. The van der Waals surface area contributed by atoms with Crippen LogP contribution in [0.1, 0.15) is 51.1 Å².